The van der Waals surface area contributed by atoms with Gasteiger partial charge in [-0.05, 0) is 6.07 Å². The van der Waals surface area contributed by atoms with Gasteiger partial charge in [-0.15, -0.1) is 22.7 Å². The molecule has 0 atom stereocenters. The molecule has 11 heteroatoms. The Morgan fingerprint density at radius 1 is 1.30 bits per heavy atom. The third-order valence-electron chi connectivity index (χ3n) is 4.34. The molecule has 0 saturated carbocycles. The molecule has 9 nitrogen and oxygen atoms in total. The van der Waals surface area contributed by atoms with Crippen LogP contribution < -0.4 is 11.3 Å². The van der Waals surface area contributed by atoms with Gasteiger partial charge in [-0.3, -0.25) is 9.89 Å². The first-order valence-electron chi connectivity index (χ1n) is 8.13. The van der Waals surface area contributed by atoms with Crippen molar-refractivity contribution in [1.29, 1.82) is 0 Å². The maximum absolute atomic E-state index is 13.0. The number of nitrogen functional groups attached to an aromatic ring is 1. The van der Waals surface area contributed by atoms with Crippen molar-refractivity contribution in [2.45, 2.75) is 13.0 Å². The van der Waals surface area contributed by atoms with Crippen LogP contribution in [0.5, 0.6) is 0 Å². The summed E-state index contributed by atoms with van der Waals surface area (Å²) in [6.45, 7) is 0.348. The molecule has 5 aromatic heterocycles. The maximum atomic E-state index is 13.0. The lowest BCUT2D eigenvalue weighted by atomic mass is 10.3. The van der Waals surface area contributed by atoms with Crippen LogP contribution in [-0.2, 0) is 20.0 Å². The highest BCUT2D eigenvalue weighted by Gasteiger charge is 2.18. The van der Waals surface area contributed by atoms with E-state index in [-0.39, 0.29) is 5.56 Å². The van der Waals surface area contributed by atoms with Crippen molar-refractivity contribution in [3.05, 3.63) is 50.6 Å². The second-order valence-corrected chi connectivity index (χ2v) is 8.33. The summed E-state index contributed by atoms with van der Waals surface area (Å²) in [5.74, 6) is 0. The van der Waals surface area contributed by atoms with Crippen LogP contribution in [0.25, 0.3) is 21.3 Å². The predicted octanol–water partition coefficient (Wildman–Crippen LogP) is 1.75. The van der Waals surface area contributed by atoms with Crippen LogP contribution in [-0.4, -0.2) is 34.5 Å². The lowest BCUT2D eigenvalue weighted by Crippen LogP contribution is -2.24. The van der Waals surface area contributed by atoms with Crippen molar-refractivity contribution in [2.24, 2.45) is 7.05 Å². The van der Waals surface area contributed by atoms with Gasteiger partial charge in [0.1, 0.15) is 10.5 Å². The average Bonchev–Trinajstić information content (AvgIpc) is 3.40. The molecule has 0 aliphatic carbocycles. The van der Waals surface area contributed by atoms with Crippen LogP contribution >= 0.6 is 22.7 Å². The predicted molar refractivity (Wildman–Crippen MR) is 105 cm³/mol. The highest BCUT2D eigenvalue weighted by atomic mass is 32.1. The number of hydrogen-bond donors (Lipinski definition) is 2. The number of nitrogens with zero attached hydrogens (tertiary/aromatic N) is 6. The normalized spacial score (nSPS) is 11.7. The van der Waals surface area contributed by atoms with E-state index < -0.39 is 0 Å². The summed E-state index contributed by atoms with van der Waals surface area (Å²) in [5.41, 5.74) is 7.84. The fourth-order valence-electron chi connectivity index (χ4n) is 3.11. The van der Waals surface area contributed by atoms with Gasteiger partial charge < -0.3 is 10.3 Å². The number of nitrogens with one attached hydrogen (secondary N) is 1. The number of aromatic nitrogens is 7. The van der Waals surface area contributed by atoms with Gasteiger partial charge >= 0.3 is 0 Å². The van der Waals surface area contributed by atoms with Gasteiger partial charge in [-0.2, -0.15) is 10.2 Å². The van der Waals surface area contributed by atoms with E-state index in [2.05, 4.69) is 20.3 Å². The highest BCUT2D eigenvalue weighted by molar-refractivity contribution is 7.19. The third kappa shape index (κ3) is 2.62. The molecule has 0 saturated heterocycles. The van der Waals surface area contributed by atoms with E-state index in [4.69, 9.17) is 10.7 Å². The zero-order valence-electron chi connectivity index (χ0n) is 14.2. The van der Waals surface area contributed by atoms with Gasteiger partial charge in [0.15, 0.2) is 10.8 Å². The second kappa shape index (κ2) is 5.99. The molecule has 136 valence electrons. The van der Waals surface area contributed by atoms with E-state index in [1.54, 1.807) is 29.9 Å². The molecule has 5 aromatic rings. The largest absolute Gasteiger partial charge is 0.375 e. The monoisotopic (exact) mass is 398 g/mol. The first-order chi connectivity index (χ1) is 13.1. The summed E-state index contributed by atoms with van der Waals surface area (Å²) in [7, 11) is 1.86. The Morgan fingerprint density at radius 3 is 2.93 bits per heavy atom. The molecule has 0 aromatic carbocycles. The molecule has 0 spiro atoms. The van der Waals surface area contributed by atoms with E-state index in [1.165, 1.54) is 16.0 Å². The van der Waals surface area contributed by atoms with Crippen molar-refractivity contribution < 1.29 is 0 Å². The summed E-state index contributed by atoms with van der Waals surface area (Å²) in [6.07, 6.45) is 5.85. The fourth-order valence-corrected chi connectivity index (χ4v) is 4.90. The van der Waals surface area contributed by atoms with Crippen LogP contribution in [0.4, 0.5) is 5.13 Å². The Hall–Kier alpha value is -3.05. The molecule has 27 heavy (non-hydrogen) atoms. The van der Waals surface area contributed by atoms with Crippen LogP contribution in [0.3, 0.4) is 0 Å². The number of anilines is 1. The Balaban J connectivity index is 1.60. The summed E-state index contributed by atoms with van der Waals surface area (Å²) >= 11 is 2.92. The van der Waals surface area contributed by atoms with Crippen LogP contribution in [0, 0.1) is 0 Å². The molecule has 0 fully saturated rings. The summed E-state index contributed by atoms with van der Waals surface area (Å²) < 4.78 is 4.25. The first kappa shape index (κ1) is 16.1. The maximum Gasteiger partial charge on any atom is 0.291 e. The molecule has 0 aliphatic rings. The molecule has 0 unspecified atom stereocenters. The molecular formula is C16H14N8OS2. The Labute approximate surface area is 160 Å². The molecule has 0 amide bonds. The van der Waals surface area contributed by atoms with E-state index in [0.29, 0.717) is 23.6 Å². The van der Waals surface area contributed by atoms with E-state index in [9.17, 15) is 4.79 Å². The number of hydrogen-bond acceptors (Lipinski definition) is 8. The lowest BCUT2D eigenvalue weighted by Gasteiger charge is -2.03. The zero-order valence-corrected chi connectivity index (χ0v) is 15.8. The quantitative estimate of drug-likeness (QED) is 0.476. The third-order valence-corrected chi connectivity index (χ3v) is 6.23. The minimum Gasteiger partial charge on any atom is -0.375 e. The summed E-state index contributed by atoms with van der Waals surface area (Å²) in [5, 5.41) is 13.6. The number of aromatic amines is 1. The average molecular weight is 398 g/mol. The van der Waals surface area contributed by atoms with Gasteiger partial charge in [0, 0.05) is 36.1 Å². The van der Waals surface area contributed by atoms with Gasteiger partial charge in [0.25, 0.3) is 5.56 Å². The number of rotatable bonds is 4. The Kier molecular flexibility index (Phi) is 3.58. The van der Waals surface area contributed by atoms with Crippen molar-refractivity contribution in [2.75, 3.05) is 5.73 Å². The number of fused-ring (bicyclic) bond motifs is 3. The molecule has 0 bridgehead atoms. The summed E-state index contributed by atoms with van der Waals surface area (Å²) in [6, 6.07) is 1.93. The van der Waals surface area contributed by atoms with E-state index >= 15 is 0 Å². The molecule has 5 heterocycles. The lowest BCUT2D eigenvalue weighted by molar-refractivity contribution is 0.650. The number of H-pyrrole nitrogens is 1. The molecule has 5 rings (SSSR count). The minimum atomic E-state index is -0.152. The number of aryl methyl sites for hydroxylation is 1. The highest BCUT2D eigenvalue weighted by Crippen LogP contribution is 2.31. The molecule has 0 aliphatic heterocycles. The van der Waals surface area contributed by atoms with Gasteiger partial charge in [0.05, 0.1) is 23.1 Å². The number of nitrogens with two attached hydrogens (primary N) is 1. The smallest absolute Gasteiger partial charge is 0.291 e. The van der Waals surface area contributed by atoms with Crippen molar-refractivity contribution >= 4 is 49.1 Å². The molecule has 0 radical (unpaired) electrons. The van der Waals surface area contributed by atoms with Gasteiger partial charge in [-0.25, -0.2) is 14.6 Å². The summed E-state index contributed by atoms with van der Waals surface area (Å²) in [4.78, 5) is 22.6. The van der Waals surface area contributed by atoms with Crippen LogP contribution in [0.1, 0.15) is 15.6 Å². The second-order valence-electron chi connectivity index (χ2n) is 6.10. The Morgan fingerprint density at radius 2 is 2.19 bits per heavy atom. The van der Waals surface area contributed by atoms with E-state index in [0.717, 1.165) is 31.3 Å². The van der Waals surface area contributed by atoms with Crippen molar-refractivity contribution in [3.63, 3.8) is 0 Å². The van der Waals surface area contributed by atoms with Gasteiger partial charge in [-0.1, -0.05) is 0 Å². The van der Waals surface area contributed by atoms with Gasteiger partial charge in [0.2, 0.25) is 0 Å². The number of thiazole rings is 2. The van der Waals surface area contributed by atoms with E-state index in [1.807, 2.05) is 17.7 Å². The van der Waals surface area contributed by atoms with Crippen LogP contribution in [0.15, 0.2) is 29.5 Å². The van der Waals surface area contributed by atoms with Crippen molar-refractivity contribution in [3.8, 4) is 0 Å². The fraction of sp³-hybridized carbons (Fsp3) is 0.188. The molecular weight excluding hydrogens is 384 g/mol. The minimum absolute atomic E-state index is 0.152. The van der Waals surface area contributed by atoms with Crippen molar-refractivity contribution in [1.82, 2.24) is 34.5 Å². The Bertz CT molecular complexity index is 1320. The van der Waals surface area contributed by atoms with Crippen LogP contribution in [0.2, 0.25) is 0 Å². The standard InChI is InChI=1S/C16H14N8OS2/c1-23-12-10(6-20-24(15(12)25)7-9-5-18-16(17)26-9)13-14(23)21-11(27-13)4-8-2-3-19-22-8/h2-3,5-6H,4,7H2,1H3,(H2,17,18)(H,19,22). The topological polar surface area (TPSA) is 120 Å². The first-order valence-corrected chi connectivity index (χ1v) is 9.76. The zero-order chi connectivity index (χ0) is 18.5. The SMILES string of the molecule is Cn1c2nc(Cc3cc[nH]n3)sc2c2cnn(Cc3cnc(N)s3)c(=O)c21. The molecule has 3 N–H and O–H groups in total.